The fourth-order valence-corrected chi connectivity index (χ4v) is 3.85. The van der Waals surface area contributed by atoms with Crippen molar-refractivity contribution in [2.24, 2.45) is 12.8 Å². The first kappa shape index (κ1) is 24.1. The highest BCUT2D eigenvalue weighted by Crippen LogP contribution is 2.26. The second kappa shape index (κ2) is 9.30. The van der Waals surface area contributed by atoms with Crippen molar-refractivity contribution in [3.05, 3.63) is 87.2 Å². The standard InChI is InChI=1S/C25H28N6O4/c1-15-19(27-16(2)34-15)14-30(4)23(33)18-11-20(31(5)21(32)12-18)22-28-29-24(35-22)25(3,26)13-17-9-7-6-8-10-17/h6-12H,13-14,26H2,1-5H3/t25-/m0/s1. The van der Waals surface area contributed by atoms with Gasteiger partial charge in [-0.1, -0.05) is 30.3 Å². The number of rotatable bonds is 7. The van der Waals surface area contributed by atoms with E-state index in [9.17, 15) is 9.59 Å². The molecule has 0 saturated heterocycles. The largest absolute Gasteiger partial charge is 0.446 e. The number of hydrogen-bond donors (Lipinski definition) is 1. The number of nitrogens with two attached hydrogens (primary N) is 1. The number of pyridine rings is 1. The maximum atomic E-state index is 13.1. The van der Waals surface area contributed by atoms with Crippen LogP contribution in [0, 0.1) is 13.8 Å². The van der Waals surface area contributed by atoms with E-state index >= 15 is 0 Å². The topological polar surface area (TPSA) is 133 Å². The van der Waals surface area contributed by atoms with E-state index in [0.29, 0.717) is 29.5 Å². The van der Waals surface area contributed by atoms with Gasteiger partial charge in [-0.3, -0.25) is 9.59 Å². The van der Waals surface area contributed by atoms with Crippen LogP contribution in [-0.4, -0.2) is 37.6 Å². The van der Waals surface area contributed by atoms with Crippen molar-refractivity contribution in [1.29, 1.82) is 0 Å². The first-order valence-corrected chi connectivity index (χ1v) is 11.1. The van der Waals surface area contributed by atoms with E-state index in [4.69, 9.17) is 14.6 Å². The predicted molar refractivity (Wildman–Crippen MR) is 128 cm³/mol. The predicted octanol–water partition coefficient (Wildman–Crippen LogP) is 2.73. The minimum Gasteiger partial charge on any atom is -0.446 e. The molecule has 3 heterocycles. The Morgan fingerprint density at radius 2 is 1.86 bits per heavy atom. The number of carbonyl (C=O) groups is 1. The lowest BCUT2D eigenvalue weighted by Gasteiger charge is -2.20. The van der Waals surface area contributed by atoms with Gasteiger partial charge < -0.3 is 24.0 Å². The van der Waals surface area contributed by atoms with Crippen LogP contribution in [0.4, 0.5) is 0 Å². The number of benzene rings is 1. The number of amides is 1. The van der Waals surface area contributed by atoms with Gasteiger partial charge >= 0.3 is 0 Å². The number of nitrogens with zero attached hydrogens (tertiary/aromatic N) is 5. The molecule has 10 nitrogen and oxygen atoms in total. The van der Waals surface area contributed by atoms with E-state index in [1.165, 1.54) is 15.5 Å². The zero-order valence-corrected chi connectivity index (χ0v) is 20.4. The summed E-state index contributed by atoms with van der Waals surface area (Å²) < 4.78 is 12.7. The fourth-order valence-electron chi connectivity index (χ4n) is 3.85. The molecule has 4 aromatic rings. The van der Waals surface area contributed by atoms with Crippen molar-refractivity contribution < 1.29 is 13.6 Å². The summed E-state index contributed by atoms with van der Waals surface area (Å²) in [6, 6.07) is 12.6. The maximum Gasteiger partial charge on any atom is 0.264 e. The fraction of sp³-hybridized carbons (Fsp3) is 0.320. The number of oxazole rings is 1. The molecule has 4 rings (SSSR count). The summed E-state index contributed by atoms with van der Waals surface area (Å²) >= 11 is 0. The van der Waals surface area contributed by atoms with Crippen LogP contribution in [0.5, 0.6) is 0 Å². The van der Waals surface area contributed by atoms with E-state index < -0.39 is 5.54 Å². The number of aryl methyl sites for hydroxylation is 2. The molecule has 0 unspecified atom stereocenters. The molecule has 0 aliphatic rings. The lowest BCUT2D eigenvalue weighted by atomic mass is 9.94. The Morgan fingerprint density at radius 3 is 2.51 bits per heavy atom. The van der Waals surface area contributed by atoms with Gasteiger partial charge in [-0.25, -0.2) is 4.98 Å². The van der Waals surface area contributed by atoms with Gasteiger partial charge in [-0.05, 0) is 31.9 Å². The highest BCUT2D eigenvalue weighted by atomic mass is 16.4. The Balaban J connectivity index is 1.61. The maximum absolute atomic E-state index is 13.1. The summed E-state index contributed by atoms with van der Waals surface area (Å²) in [5.74, 6) is 1.15. The zero-order valence-electron chi connectivity index (χ0n) is 20.4. The summed E-state index contributed by atoms with van der Waals surface area (Å²) in [4.78, 5) is 31.6. The number of carbonyl (C=O) groups excluding carboxylic acids is 1. The first-order valence-electron chi connectivity index (χ1n) is 11.1. The molecule has 3 aromatic heterocycles. The van der Waals surface area contributed by atoms with Crippen molar-refractivity contribution in [2.45, 2.75) is 39.3 Å². The molecule has 10 heteroatoms. The van der Waals surface area contributed by atoms with Crippen LogP contribution in [0.15, 0.2) is 56.1 Å². The minimum atomic E-state index is -0.924. The van der Waals surface area contributed by atoms with Crippen LogP contribution in [0.1, 0.15) is 46.1 Å². The van der Waals surface area contributed by atoms with Gasteiger partial charge in [0.1, 0.15) is 17.1 Å². The molecule has 35 heavy (non-hydrogen) atoms. The van der Waals surface area contributed by atoms with Gasteiger partial charge in [0, 0.05) is 32.6 Å². The lowest BCUT2D eigenvalue weighted by Crippen LogP contribution is -2.35. The molecule has 0 aliphatic heterocycles. The number of hydrogen-bond acceptors (Lipinski definition) is 8. The number of aromatic nitrogens is 4. The van der Waals surface area contributed by atoms with Crippen LogP contribution in [0.2, 0.25) is 0 Å². The van der Waals surface area contributed by atoms with Crippen molar-refractivity contribution in [3.8, 4) is 11.6 Å². The summed E-state index contributed by atoms with van der Waals surface area (Å²) in [7, 11) is 3.21. The molecule has 1 amide bonds. The summed E-state index contributed by atoms with van der Waals surface area (Å²) in [6.07, 6.45) is 0.485. The Labute approximate surface area is 202 Å². The molecule has 0 bridgehead atoms. The molecule has 2 N–H and O–H groups in total. The zero-order chi connectivity index (χ0) is 25.3. The third kappa shape index (κ3) is 5.07. The molecule has 0 aliphatic carbocycles. The van der Waals surface area contributed by atoms with E-state index in [2.05, 4.69) is 15.2 Å². The van der Waals surface area contributed by atoms with Gasteiger partial charge in [0.2, 0.25) is 5.89 Å². The Kier molecular flexibility index (Phi) is 6.40. The van der Waals surface area contributed by atoms with Gasteiger partial charge in [0.25, 0.3) is 17.4 Å². The van der Waals surface area contributed by atoms with Crippen molar-refractivity contribution in [1.82, 2.24) is 24.6 Å². The molecule has 0 saturated carbocycles. The van der Waals surface area contributed by atoms with Crippen LogP contribution in [-0.2, 0) is 25.6 Å². The third-order valence-corrected chi connectivity index (χ3v) is 5.79. The normalized spacial score (nSPS) is 13.0. The van der Waals surface area contributed by atoms with Crippen LogP contribution < -0.4 is 11.3 Å². The van der Waals surface area contributed by atoms with Gasteiger partial charge in [0.05, 0.1) is 12.1 Å². The Hall–Kier alpha value is -4.05. The highest BCUT2D eigenvalue weighted by Gasteiger charge is 2.29. The van der Waals surface area contributed by atoms with E-state index in [1.54, 1.807) is 40.9 Å². The molecule has 0 radical (unpaired) electrons. The highest BCUT2D eigenvalue weighted by molar-refractivity contribution is 5.94. The van der Waals surface area contributed by atoms with Crippen LogP contribution in [0.25, 0.3) is 11.6 Å². The van der Waals surface area contributed by atoms with Crippen molar-refractivity contribution >= 4 is 5.91 Å². The molecule has 182 valence electrons. The monoisotopic (exact) mass is 476 g/mol. The Morgan fingerprint density at radius 1 is 1.14 bits per heavy atom. The quantitative estimate of drug-likeness (QED) is 0.430. The van der Waals surface area contributed by atoms with Crippen LogP contribution >= 0.6 is 0 Å². The van der Waals surface area contributed by atoms with E-state index in [0.717, 1.165) is 5.56 Å². The average Bonchev–Trinajstić information content (AvgIpc) is 3.42. The molecule has 0 spiro atoms. The smallest absolute Gasteiger partial charge is 0.264 e. The summed E-state index contributed by atoms with van der Waals surface area (Å²) in [5, 5.41) is 8.26. The van der Waals surface area contributed by atoms with Crippen molar-refractivity contribution in [3.63, 3.8) is 0 Å². The first-order chi connectivity index (χ1) is 16.5. The van der Waals surface area contributed by atoms with E-state index in [-0.39, 0.29) is 35.4 Å². The molecule has 1 atom stereocenters. The van der Waals surface area contributed by atoms with Crippen molar-refractivity contribution in [2.75, 3.05) is 7.05 Å². The molecular formula is C25H28N6O4. The second-order valence-corrected chi connectivity index (χ2v) is 8.92. The van der Waals surface area contributed by atoms with E-state index in [1.807, 2.05) is 30.3 Å². The molecule has 1 aromatic carbocycles. The van der Waals surface area contributed by atoms with Gasteiger partial charge in [-0.2, -0.15) is 0 Å². The van der Waals surface area contributed by atoms with Crippen LogP contribution in [0.3, 0.4) is 0 Å². The molecular weight excluding hydrogens is 448 g/mol. The van der Waals surface area contributed by atoms with Gasteiger partial charge in [0.15, 0.2) is 5.89 Å². The average molecular weight is 477 g/mol. The summed E-state index contributed by atoms with van der Waals surface area (Å²) in [5.41, 5.74) is 7.39. The SMILES string of the molecule is Cc1nc(CN(C)C(=O)c2cc(-c3nnc([C@@](C)(N)Cc4ccccc4)o3)n(C)c(=O)c2)c(C)o1. The minimum absolute atomic E-state index is 0.101. The van der Waals surface area contributed by atoms with Gasteiger partial charge in [-0.15, -0.1) is 10.2 Å². The second-order valence-electron chi connectivity index (χ2n) is 8.92. The molecule has 0 fully saturated rings. The summed E-state index contributed by atoms with van der Waals surface area (Å²) in [6.45, 7) is 5.58. The third-order valence-electron chi connectivity index (χ3n) is 5.79. The lowest BCUT2D eigenvalue weighted by molar-refractivity contribution is 0.0783. The Bertz CT molecular complexity index is 1420.